The van der Waals surface area contributed by atoms with E-state index in [0.717, 1.165) is 33.5 Å². The number of pyridine rings is 1. The second kappa shape index (κ2) is 9.15. The van der Waals surface area contributed by atoms with Crippen molar-refractivity contribution in [1.82, 2.24) is 4.98 Å². The summed E-state index contributed by atoms with van der Waals surface area (Å²) < 4.78 is 24.7. The lowest BCUT2D eigenvalue weighted by Crippen LogP contribution is -2.14. The summed E-state index contributed by atoms with van der Waals surface area (Å²) in [6.45, 7) is 1.93. The summed E-state index contributed by atoms with van der Waals surface area (Å²) in [4.78, 5) is 17.0. The summed E-state index contributed by atoms with van der Waals surface area (Å²) >= 11 is 1.10. The monoisotopic (exact) mass is 504 g/mol. The van der Waals surface area contributed by atoms with E-state index in [-0.39, 0.29) is 10.6 Å². The maximum Gasteiger partial charge on any atom is 0.348 e. The van der Waals surface area contributed by atoms with Crippen LogP contribution in [0.5, 0.6) is 0 Å². The summed E-state index contributed by atoms with van der Waals surface area (Å²) in [6.07, 6.45) is 1.72. The Labute approximate surface area is 205 Å². The summed E-state index contributed by atoms with van der Waals surface area (Å²) in [6, 6.07) is 22.0. The van der Waals surface area contributed by atoms with Gasteiger partial charge < -0.3 is 19.1 Å². The molecule has 5 rings (SSSR count). The Bertz CT molecular complexity index is 1540. The minimum atomic E-state index is -3.53. The van der Waals surface area contributed by atoms with Crippen LogP contribution in [0.1, 0.15) is 15.2 Å². The van der Waals surface area contributed by atoms with Gasteiger partial charge in [-0.3, -0.25) is 9.55 Å². The minimum Gasteiger partial charge on any atom is -0.477 e. The largest absolute Gasteiger partial charge is 0.477 e. The average molecular weight is 505 g/mol. The highest BCUT2D eigenvalue weighted by Gasteiger charge is 2.28. The van der Waals surface area contributed by atoms with E-state index in [4.69, 9.17) is 8.94 Å². The molecule has 0 bridgehead atoms. The first-order valence-corrected chi connectivity index (χ1v) is 13.1. The molecule has 5 aromatic rings. The first kappa shape index (κ1) is 23.1. The van der Waals surface area contributed by atoms with Crippen molar-refractivity contribution in [3.05, 3.63) is 89.4 Å². The van der Waals surface area contributed by atoms with E-state index in [9.17, 15) is 14.5 Å². The molecule has 3 heterocycles. The molecule has 0 spiro atoms. The SMILES string of the molecule is COP(=O)(Nc1cc(-c2ccc(-c3cc4ncccc4o3)cc2)sc1C(=O)O)c1ccc(C)cc1. The Morgan fingerprint density at radius 3 is 2.43 bits per heavy atom. The fraction of sp³-hybridized carbons (Fsp3) is 0.0769. The molecule has 1 unspecified atom stereocenters. The third kappa shape index (κ3) is 4.51. The molecule has 176 valence electrons. The van der Waals surface area contributed by atoms with Gasteiger partial charge in [-0.25, -0.2) is 4.79 Å². The number of fused-ring (bicyclic) bond motifs is 1. The van der Waals surface area contributed by atoms with Gasteiger partial charge >= 0.3 is 13.5 Å². The third-order valence-corrected chi connectivity index (χ3v) is 8.77. The number of aryl methyl sites for hydroxylation is 1. The van der Waals surface area contributed by atoms with Crippen molar-refractivity contribution in [2.75, 3.05) is 12.2 Å². The minimum absolute atomic E-state index is 0.0526. The molecule has 3 aromatic heterocycles. The van der Waals surface area contributed by atoms with Crippen LogP contribution in [0.4, 0.5) is 5.69 Å². The molecule has 0 fully saturated rings. The maximum atomic E-state index is 13.5. The fourth-order valence-corrected chi connectivity index (χ4v) is 6.20. The highest BCUT2D eigenvalue weighted by atomic mass is 32.1. The highest BCUT2D eigenvalue weighted by molar-refractivity contribution is 7.68. The van der Waals surface area contributed by atoms with Crippen LogP contribution in [0.2, 0.25) is 0 Å². The van der Waals surface area contributed by atoms with E-state index >= 15 is 0 Å². The second-order valence-electron chi connectivity index (χ2n) is 7.91. The quantitative estimate of drug-likeness (QED) is 0.235. The Hall–Kier alpha value is -3.71. The van der Waals surface area contributed by atoms with Gasteiger partial charge in [-0.2, -0.15) is 0 Å². The first-order valence-electron chi connectivity index (χ1n) is 10.7. The molecule has 2 N–H and O–H groups in total. The van der Waals surface area contributed by atoms with Gasteiger partial charge in [0.25, 0.3) is 0 Å². The zero-order valence-corrected chi connectivity index (χ0v) is 20.6. The lowest BCUT2D eigenvalue weighted by molar-refractivity contribution is 0.0703. The van der Waals surface area contributed by atoms with Crippen molar-refractivity contribution < 1.29 is 23.4 Å². The van der Waals surface area contributed by atoms with Crippen molar-refractivity contribution in [2.45, 2.75) is 6.92 Å². The van der Waals surface area contributed by atoms with Crippen LogP contribution >= 0.6 is 18.9 Å². The normalized spacial score (nSPS) is 13.0. The van der Waals surface area contributed by atoms with Gasteiger partial charge in [0.2, 0.25) is 0 Å². The van der Waals surface area contributed by atoms with Crippen LogP contribution in [-0.4, -0.2) is 23.2 Å². The Kier molecular flexibility index (Phi) is 6.03. The van der Waals surface area contributed by atoms with Gasteiger partial charge in [-0.1, -0.05) is 42.0 Å². The van der Waals surface area contributed by atoms with E-state index in [1.807, 2.05) is 61.5 Å². The van der Waals surface area contributed by atoms with Crippen LogP contribution < -0.4 is 10.4 Å². The molecule has 2 aromatic carbocycles. The zero-order valence-electron chi connectivity index (χ0n) is 18.9. The lowest BCUT2D eigenvalue weighted by atomic mass is 10.1. The number of nitrogens with one attached hydrogen (secondary N) is 1. The van der Waals surface area contributed by atoms with Crippen molar-refractivity contribution in [3.8, 4) is 21.8 Å². The maximum absolute atomic E-state index is 13.5. The van der Waals surface area contributed by atoms with Crippen molar-refractivity contribution in [3.63, 3.8) is 0 Å². The lowest BCUT2D eigenvalue weighted by Gasteiger charge is -2.18. The summed E-state index contributed by atoms with van der Waals surface area (Å²) in [5.41, 5.74) is 4.46. The number of carboxylic acid groups (broad SMARTS) is 1. The number of aromatic nitrogens is 1. The number of benzene rings is 2. The van der Waals surface area contributed by atoms with Crippen LogP contribution in [0.25, 0.3) is 32.9 Å². The number of furan rings is 1. The smallest absolute Gasteiger partial charge is 0.348 e. The van der Waals surface area contributed by atoms with Crippen molar-refractivity contribution >= 4 is 46.9 Å². The number of rotatable bonds is 7. The van der Waals surface area contributed by atoms with Crippen LogP contribution in [0.15, 0.2) is 83.4 Å². The molecule has 0 aliphatic rings. The van der Waals surface area contributed by atoms with Crippen LogP contribution in [0, 0.1) is 6.92 Å². The number of anilines is 1. The molecule has 1 atom stereocenters. The number of hydrogen-bond acceptors (Lipinski definition) is 6. The van der Waals surface area contributed by atoms with E-state index in [2.05, 4.69) is 10.1 Å². The van der Waals surface area contributed by atoms with Gasteiger partial charge in [0.15, 0.2) is 5.58 Å². The van der Waals surface area contributed by atoms with Crippen molar-refractivity contribution in [1.29, 1.82) is 0 Å². The van der Waals surface area contributed by atoms with E-state index < -0.39 is 13.5 Å². The summed E-state index contributed by atoms with van der Waals surface area (Å²) in [5, 5.41) is 13.1. The average Bonchev–Trinajstić information content (AvgIpc) is 3.49. The molecule has 0 aliphatic heterocycles. The second-order valence-corrected chi connectivity index (χ2v) is 11.2. The number of carbonyl (C=O) groups is 1. The first-order chi connectivity index (χ1) is 16.9. The standard InChI is InChI=1S/C26H21N2O5PS/c1-16-5-11-19(12-6-16)34(31,32-2)28-21-15-24(35-25(21)26(29)30)18-9-7-17(8-10-18)23-14-20-22(33-23)4-3-13-27-20/h3-15H,1-2H3,(H,28,31)(H,29,30). The van der Waals surface area contributed by atoms with E-state index in [1.165, 1.54) is 7.11 Å². The Morgan fingerprint density at radius 1 is 1.06 bits per heavy atom. The Balaban J connectivity index is 1.46. The molecule has 35 heavy (non-hydrogen) atoms. The van der Waals surface area contributed by atoms with Crippen LogP contribution in [-0.2, 0) is 9.09 Å². The molecule has 0 saturated carbocycles. The van der Waals surface area contributed by atoms with Gasteiger partial charge in [0, 0.05) is 29.8 Å². The molecular weight excluding hydrogens is 483 g/mol. The van der Waals surface area contributed by atoms with Crippen LogP contribution in [0.3, 0.4) is 0 Å². The van der Waals surface area contributed by atoms with Gasteiger partial charge in [0.1, 0.15) is 16.2 Å². The number of thiophene rings is 1. The Morgan fingerprint density at radius 2 is 1.77 bits per heavy atom. The summed E-state index contributed by atoms with van der Waals surface area (Å²) in [5.74, 6) is -0.411. The van der Waals surface area contributed by atoms with E-state index in [1.54, 1.807) is 24.4 Å². The fourth-order valence-electron chi connectivity index (χ4n) is 3.70. The number of hydrogen-bond donors (Lipinski definition) is 2. The topological polar surface area (TPSA) is 102 Å². The third-order valence-electron chi connectivity index (χ3n) is 5.57. The molecule has 0 amide bonds. The molecule has 9 heteroatoms. The summed E-state index contributed by atoms with van der Waals surface area (Å²) in [7, 11) is -2.19. The van der Waals surface area contributed by atoms with Gasteiger partial charge in [-0.15, -0.1) is 11.3 Å². The molecular formula is C26H21N2O5PS. The van der Waals surface area contributed by atoms with E-state index in [0.29, 0.717) is 21.5 Å². The molecule has 0 saturated heterocycles. The zero-order chi connectivity index (χ0) is 24.6. The predicted molar refractivity (Wildman–Crippen MR) is 139 cm³/mol. The predicted octanol–water partition coefficient (Wildman–Crippen LogP) is 6.81. The number of carboxylic acids is 1. The van der Waals surface area contributed by atoms with Gasteiger partial charge in [-0.05, 0) is 42.8 Å². The molecule has 0 radical (unpaired) electrons. The number of aromatic carboxylic acids is 1. The molecule has 7 nitrogen and oxygen atoms in total. The highest BCUT2D eigenvalue weighted by Crippen LogP contribution is 2.48. The van der Waals surface area contributed by atoms with Gasteiger partial charge in [0.05, 0.1) is 11.0 Å². The molecule has 0 aliphatic carbocycles. The van der Waals surface area contributed by atoms with Crippen molar-refractivity contribution in [2.24, 2.45) is 0 Å². The number of nitrogens with zero attached hydrogens (tertiary/aromatic N) is 1.